The van der Waals surface area contributed by atoms with Crippen molar-refractivity contribution in [3.8, 4) is 11.8 Å². The molecule has 20 heavy (non-hydrogen) atoms. The lowest BCUT2D eigenvalue weighted by Gasteiger charge is -2.13. The molecule has 0 radical (unpaired) electrons. The van der Waals surface area contributed by atoms with Gasteiger partial charge in [-0.1, -0.05) is 11.6 Å². The molecular formula is C14H9ClFNO2S. The molecule has 1 unspecified atom stereocenters. The molecular weight excluding hydrogens is 301 g/mol. The summed E-state index contributed by atoms with van der Waals surface area (Å²) < 4.78 is 19.3. The lowest BCUT2D eigenvalue weighted by molar-refractivity contribution is 0.0822. The summed E-state index contributed by atoms with van der Waals surface area (Å²) in [6, 6.07) is 8.82. The summed E-state index contributed by atoms with van der Waals surface area (Å²) in [5, 5.41) is 8.63. The highest BCUT2D eigenvalue weighted by molar-refractivity contribution is 7.18. The molecule has 6 heteroatoms. The van der Waals surface area contributed by atoms with Crippen LogP contribution in [0.25, 0.3) is 0 Å². The molecule has 1 atom stereocenters. The van der Waals surface area contributed by atoms with Crippen molar-refractivity contribution in [3.05, 3.63) is 50.9 Å². The molecule has 102 valence electrons. The molecule has 0 amide bonds. The van der Waals surface area contributed by atoms with Crippen LogP contribution in [0.4, 0.5) is 4.39 Å². The van der Waals surface area contributed by atoms with E-state index in [0.717, 1.165) is 17.4 Å². The molecule has 2 aromatic rings. The molecule has 0 bridgehead atoms. The van der Waals surface area contributed by atoms with Gasteiger partial charge >= 0.3 is 0 Å². The monoisotopic (exact) mass is 309 g/mol. The smallest absolute Gasteiger partial charge is 0.212 e. The molecule has 1 aromatic heterocycles. The number of Topliss-reactive ketones (excluding diaryl/α,β-unsaturated/α-hetero) is 1. The van der Waals surface area contributed by atoms with Crippen LogP contribution >= 0.6 is 22.9 Å². The molecule has 0 spiro atoms. The van der Waals surface area contributed by atoms with Gasteiger partial charge in [-0.3, -0.25) is 4.79 Å². The van der Waals surface area contributed by atoms with Gasteiger partial charge in [0.15, 0.2) is 6.10 Å². The van der Waals surface area contributed by atoms with Crippen LogP contribution in [-0.4, -0.2) is 11.9 Å². The summed E-state index contributed by atoms with van der Waals surface area (Å²) in [4.78, 5) is 12.5. The van der Waals surface area contributed by atoms with Crippen LogP contribution in [0.15, 0.2) is 30.3 Å². The van der Waals surface area contributed by atoms with Gasteiger partial charge in [0.1, 0.15) is 17.6 Å². The summed E-state index contributed by atoms with van der Waals surface area (Å²) in [5.41, 5.74) is -0.0682. The van der Waals surface area contributed by atoms with Crippen molar-refractivity contribution in [1.29, 1.82) is 5.26 Å². The molecule has 0 saturated carbocycles. The predicted octanol–water partition coefficient (Wildman–Crippen LogP) is 4.06. The SMILES string of the molecule is CC(Oc1ccc(C#N)c(F)c1)C(=O)c1ccc(Cl)s1. The molecule has 0 N–H and O–H groups in total. The van der Waals surface area contributed by atoms with E-state index in [0.29, 0.717) is 9.21 Å². The third-order valence-electron chi connectivity index (χ3n) is 2.56. The fourth-order valence-electron chi connectivity index (χ4n) is 1.56. The highest BCUT2D eigenvalue weighted by Gasteiger charge is 2.19. The predicted molar refractivity (Wildman–Crippen MR) is 74.9 cm³/mol. The van der Waals surface area contributed by atoms with E-state index in [9.17, 15) is 9.18 Å². The number of hydrogen-bond acceptors (Lipinski definition) is 4. The number of benzene rings is 1. The van der Waals surface area contributed by atoms with Gasteiger partial charge in [-0.25, -0.2) is 4.39 Å². The summed E-state index contributed by atoms with van der Waals surface area (Å²) in [6.45, 7) is 1.58. The lowest BCUT2D eigenvalue weighted by atomic mass is 10.2. The number of carbonyl (C=O) groups is 1. The van der Waals surface area contributed by atoms with Gasteiger partial charge in [0.05, 0.1) is 14.8 Å². The molecule has 1 aromatic carbocycles. The Hall–Kier alpha value is -1.90. The highest BCUT2D eigenvalue weighted by Crippen LogP contribution is 2.24. The number of ketones is 1. The van der Waals surface area contributed by atoms with Gasteiger partial charge in [0, 0.05) is 6.07 Å². The Balaban J connectivity index is 2.12. The maximum absolute atomic E-state index is 13.4. The van der Waals surface area contributed by atoms with Crippen LogP contribution in [0.1, 0.15) is 22.2 Å². The standard InChI is InChI=1S/C14H9ClFNO2S/c1-8(14(18)12-4-5-13(15)20-12)19-10-3-2-9(7-17)11(16)6-10/h2-6,8H,1H3. The Morgan fingerprint density at radius 3 is 2.75 bits per heavy atom. The number of halogens is 2. The first-order valence-corrected chi connectivity index (χ1v) is 6.86. The zero-order chi connectivity index (χ0) is 14.7. The zero-order valence-electron chi connectivity index (χ0n) is 10.4. The molecule has 0 aliphatic carbocycles. The topological polar surface area (TPSA) is 50.1 Å². The average Bonchev–Trinajstić information content (AvgIpc) is 2.84. The van der Waals surface area contributed by atoms with Crippen molar-refractivity contribution in [3.63, 3.8) is 0 Å². The number of carbonyl (C=O) groups excluding carboxylic acids is 1. The third kappa shape index (κ3) is 3.16. The van der Waals surface area contributed by atoms with Crippen LogP contribution in [0.2, 0.25) is 4.34 Å². The minimum atomic E-state index is -0.767. The molecule has 0 saturated heterocycles. The quantitative estimate of drug-likeness (QED) is 0.800. The Bertz CT molecular complexity index is 693. The fraction of sp³-hybridized carbons (Fsp3) is 0.143. The number of nitriles is 1. The van der Waals surface area contributed by atoms with Crippen LogP contribution in [0.3, 0.4) is 0 Å². The maximum Gasteiger partial charge on any atom is 0.212 e. The summed E-state index contributed by atoms with van der Waals surface area (Å²) in [6.07, 6.45) is -0.767. The number of ether oxygens (including phenoxy) is 1. The molecule has 3 nitrogen and oxygen atoms in total. The zero-order valence-corrected chi connectivity index (χ0v) is 12.0. The third-order valence-corrected chi connectivity index (χ3v) is 3.80. The first kappa shape index (κ1) is 14.5. The molecule has 0 fully saturated rings. The summed E-state index contributed by atoms with van der Waals surface area (Å²) >= 11 is 6.93. The Kier molecular flexibility index (Phi) is 4.38. The van der Waals surface area contributed by atoms with E-state index in [1.165, 1.54) is 12.1 Å². The normalized spacial score (nSPS) is 11.7. The van der Waals surface area contributed by atoms with Crippen LogP contribution in [0, 0.1) is 17.1 Å². The van der Waals surface area contributed by atoms with E-state index in [4.69, 9.17) is 21.6 Å². The van der Waals surface area contributed by atoms with E-state index in [1.807, 2.05) is 0 Å². The minimum absolute atomic E-state index is 0.0682. The Morgan fingerprint density at radius 1 is 1.45 bits per heavy atom. The molecule has 1 heterocycles. The van der Waals surface area contributed by atoms with E-state index in [1.54, 1.807) is 25.1 Å². The first-order valence-electron chi connectivity index (χ1n) is 5.67. The van der Waals surface area contributed by atoms with Gasteiger partial charge < -0.3 is 4.74 Å². The van der Waals surface area contributed by atoms with Gasteiger partial charge in [-0.2, -0.15) is 5.26 Å². The van der Waals surface area contributed by atoms with E-state index >= 15 is 0 Å². The van der Waals surface area contributed by atoms with Crippen molar-refractivity contribution < 1.29 is 13.9 Å². The Labute approximate surface area is 124 Å². The van der Waals surface area contributed by atoms with Crippen LogP contribution in [-0.2, 0) is 0 Å². The van der Waals surface area contributed by atoms with Crippen molar-refractivity contribution in [2.24, 2.45) is 0 Å². The number of hydrogen-bond donors (Lipinski definition) is 0. The van der Waals surface area contributed by atoms with Crippen molar-refractivity contribution in [1.82, 2.24) is 0 Å². The van der Waals surface area contributed by atoms with Gasteiger partial charge in [-0.15, -0.1) is 11.3 Å². The van der Waals surface area contributed by atoms with Crippen LogP contribution < -0.4 is 4.74 Å². The molecule has 0 aliphatic heterocycles. The summed E-state index contributed by atoms with van der Waals surface area (Å²) in [5.74, 6) is -0.708. The van der Waals surface area contributed by atoms with Gasteiger partial charge in [0.2, 0.25) is 5.78 Å². The Morgan fingerprint density at radius 2 is 2.20 bits per heavy atom. The van der Waals surface area contributed by atoms with Crippen molar-refractivity contribution in [2.75, 3.05) is 0 Å². The number of thiophene rings is 1. The second-order valence-corrected chi connectivity index (χ2v) is 5.70. The van der Waals surface area contributed by atoms with Gasteiger partial charge in [0.25, 0.3) is 0 Å². The second-order valence-electron chi connectivity index (χ2n) is 3.98. The molecule has 2 rings (SSSR count). The van der Waals surface area contributed by atoms with Crippen molar-refractivity contribution in [2.45, 2.75) is 13.0 Å². The van der Waals surface area contributed by atoms with E-state index in [-0.39, 0.29) is 17.1 Å². The highest BCUT2D eigenvalue weighted by atomic mass is 35.5. The van der Waals surface area contributed by atoms with E-state index in [2.05, 4.69) is 0 Å². The van der Waals surface area contributed by atoms with Crippen LogP contribution in [0.5, 0.6) is 5.75 Å². The van der Waals surface area contributed by atoms with Crippen molar-refractivity contribution >= 4 is 28.7 Å². The summed E-state index contributed by atoms with van der Waals surface area (Å²) in [7, 11) is 0. The number of rotatable bonds is 4. The van der Waals surface area contributed by atoms with Gasteiger partial charge in [-0.05, 0) is 31.2 Å². The lowest BCUT2D eigenvalue weighted by Crippen LogP contribution is -2.23. The fourth-order valence-corrected chi connectivity index (χ4v) is 2.63. The second kappa shape index (κ2) is 6.04. The van der Waals surface area contributed by atoms with E-state index < -0.39 is 11.9 Å². The minimum Gasteiger partial charge on any atom is -0.482 e. The average molecular weight is 310 g/mol. The largest absolute Gasteiger partial charge is 0.482 e. The maximum atomic E-state index is 13.4. The number of nitrogens with zero attached hydrogens (tertiary/aromatic N) is 1. The molecule has 0 aliphatic rings. The first-order chi connectivity index (χ1) is 9.51.